The van der Waals surface area contributed by atoms with Crippen molar-refractivity contribution >= 4 is 5.69 Å². The van der Waals surface area contributed by atoms with E-state index in [9.17, 15) is 10.1 Å². The molecule has 0 bridgehead atoms. The first-order valence-corrected chi connectivity index (χ1v) is 4.91. The van der Waals surface area contributed by atoms with Crippen molar-refractivity contribution in [3.63, 3.8) is 0 Å². The van der Waals surface area contributed by atoms with Gasteiger partial charge in [-0.2, -0.15) is 5.26 Å². The van der Waals surface area contributed by atoms with Crippen LogP contribution in [-0.4, -0.2) is 16.6 Å². The number of hydrogen-bond acceptors (Lipinski definition) is 4. The summed E-state index contributed by atoms with van der Waals surface area (Å²) in [6.07, 6.45) is 0.571. The predicted molar refractivity (Wildman–Crippen MR) is 55.6 cm³/mol. The highest BCUT2D eigenvalue weighted by Crippen LogP contribution is 2.53. The largest absolute Gasteiger partial charge is 0.396 e. The van der Waals surface area contributed by atoms with Gasteiger partial charge < -0.3 is 5.11 Å². The van der Waals surface area contributed by atoms with E-state index >= 15 is 0 Å². The Bertz CT molecular complexity index is 480. The minimum Gasteiger partial charge on any atom is -0.396 e. The van der Waals surface area contributed by atoms with E-state index in [0.29, 0.717) is 12.0 Å². The molecule has 5 nitrogen and oxygen atoms in total. The summed E-state index contributed by atoms with van der Waals surface area (Å²) in [5.74, 6) is -0.0977. The maximum absolute atomic E-state index is 10.6. The fourth-order valence-corrected chi connectivity index (χ4v) is 2.00. The van der Waals surface area contributed by atoms with E-state index in [1.165, 1.54) is 12.1 Å². The average Bonchev–Trinajstić information content (AvgIpc) is 3.04. The van der Waals surface area contributed by atoms with Gasteiger partial charge in [0.15, 0.2) is 0 Å². The number of aliphatic hydroxyl groups is 1. The third kappa shape index (κ3) is 1.44. The fourth-order valence-electron chi connectivity index (χ4n) is 2.00. The molecule has 0 amide bonds. The Balaban J connectivity index is 2.39. The van der Waals surface area contributed by atoms with Crippen LogP contribution in [0.3, 0.4) is 0 Å². The van der Waals surface area contributed by atoms with E-state index in [0.717, 1.165) is 0 Å². The summed E-state index contributed by atoms with van der Waals surface area (Å²) >= 11 is 0. The van der Waals surface area contributed by atoms with Gasteiger partial charge in [0.2, 0.25) is 0 Å². The summed E-state index contributed by atoms with van der Waals surface area (Å²) in [6.45, 7) is -0.0593. The lowest BCUT2D eigenvalue weighted by atomic mass is 9.94. The molecule has 82 valence electrons. The monoisotopic (exact) mass is 218 g/mol. The summed E-state index contributed by atoms with van der Waals surface area (Å²) in [7, 11) is 0. The first kappa shape index (κ1) is 10.6. The third-order valence-electron chi connectivity index (χ3n) is 3.10. The molecular formula is C11H10N2O3. The minimum atomic E-state index is -0.721. The molecule has 0 saturated heterocycles. The van der Waals surface area contributed by atoms with Crippen molar-refractivity contribution in [1.29, 1.82) is 5.26 Å². The zero-order valence-corrected chi connectivity index (χ0v) is 8.46. The second-order valence-electron chi connectivity index (χ2n) is 3.97. The molecule has 0 aromatic heterocycles. The van der Waals surface area contributed by atoms with Crippen molar-refractivity contribution in [3.8, 4) is 6.07 Å². The number of nitro benzene ring substituents is 1. The van der Waals surface area contributed by atoms with Gasteiger partial charge in [-0.1, -0.05) is 12.1 Å². The van der Waals surface area contributed by atoms with Crippen LogP contribution in [0.5, 0.6) is 0 Å². The minimum absolute atomic E-state index is 0.0179. The van der Waals surface area contributed by atoms with E-state index < -0.39 is 10.3 Å². The van der Waals surface area contributed by atoms with Gasteiger partial charge in [0, 0.05) is 24.7 Å². The number of nitriles is 1. The highest BCUT2D eigenvalue weighted by Gasteiger charge is 2.56. The molecule has 2 atom stereocenters. The summed E-state index contributed by atoms with van der Waals surface area (Å²) in [6, 6.07) is 8.23. The van der Waals surface area contributed by atoms with Crippen molar-refractivity contribution in [3.05, 3.63) is 39.9 Å². The van der Waals surface area contributed by atoms with Crippen molar-refractivity contribution < 1.29 is 10.0 Å². The highest BCUT2D eigenvalue weighted by atomic mass is 16.6. The zero-order chi connectivity index (χ0) is 11.8. The molecular weight excluding hydrogens is 208 g/mol. The quantitative estimate of drug-likeness (QED) is 0.613. The normalized spacial score (nSPS) is 27.1. The number of hydrogen-bond donors (Lipinski definition) is 1. The molecule has 16 heavy (non-hydrogen) atoms. The highest BCUT2D eigenvalue weighted by molar-refractivity contribution is 5.46. The van der Waals surface area contributed by atoms with Gasteiger partial charge in [-0.25, -0.2) is 0 Å². The Hall–Kier alpha value is -1.93. The predicted octanol–water partition coefficient (Wildman–Crippen LogP) is 1.37. The van der Waals surface area contributed by atoms with Gasteiger partial charge in [-0.05, 0) is 12.0 Å². The van der Waals surface area contributed by atoms with Gasteiger partial charge in [0.05, 0.1) is 16.4 Å². The van der Waals surface area contributed by atoms with Crippen LogP contribution in [0.25, 0.3) is 0 Å². The maximum atomic E-state index is 10.6. The Labute approximate surface area is 92.1 Å². The van der Waals surface area contributed by atoms with Crippen LogP contribution in [-0.2, 0) is 5.41 Å². The zero-order valence-electron chi connectivity index (χ0n) is 8.46. The van der Waals surface area contributed by atoms with Crippen LogP contribution in [0, 0.1) is 27.4 Å². The maximum Gasteiger partial charge on any atom is 0.269 e. The van der Waals surface area contributed by atoms with Crippen LogP contribution >= 0.6 is 0 Å². The number of benzene rings is 1. The first-order valence-electron chi connectivity index (χ1n) is 4.91. The van der Waals surface area contributed by atoms with Crippen LogP contribution < -0.4 is 0 Å². The topological polar surface area (TPSA) is 87.2 Å². The van der Waals surface area contributed by atoms with E-state index in [1.54, 1.807) is 12.1 Å². The Morgan fingerprint density at radius 1 is 1.69 bits per heavy atom. The van der Waals surface area contributed by atoms with Crippen molar-refractivity contribution in [2.75, 3.05) is 6.61 Å². The average molecular weight is 218 g/mol. The lowest BCUT2D eigenvalue weighted by molar-refractivity contribution is -0.384. The summed E-state index contributed by atoms with van der Waals surface area (Å²) in [4.78, 5) is 10.1. The molecule has 0 aliphatic heterocycles. The van der Waals surface area contributed by atoms with Crippen molar-refractivity contribution in [2.24, 2.45) is 5.92 Å². The van der Waals surface area contributed by atoms with Gasteiger partial charge in [-0.15, -0.1) is 0 Å². The van der Waals surface area contributed by atoms with Gasteiger partial charge >= 0.3 is 0 Å². The molecule has 1 aliphatic carbocycles. The summed E-state index contributed by atoms with van der Waals surface area (Å²) < 4.78 is 0. The third-order valence-corrected chi connectivity index (χ3v) is 3.10. The summed E-state index contributed by atoms with van der Waals surface area (Å²) in [5, 5.41) is 28.8. The number of non-ortho nitro benzene ring substituents is 1. The molecule has 1 aliphatic rings. The molecule has 2 unspecified atom stereocenters. The molecule has 0 radical (unpaired) electrons. The first-order chi connectivity index (χ1) is 7.64. The van der Waals surface area contributed by atoms with E-state index in [2.05, 4.69) is 6.07 Å². The van der Waals surface area contributed by atoms with E-state index in [1.807, 2.05) is 0 Å². The molecule has 1 saturated carbocycles. The summed E-state index contributed by atoms with van der Waals surface area (Å²) in [5.41, 5.74) is -0.111. The van der Waals surface area contributed by atoms with Crippen molar-refractivity contribution in [1.82, 2.24) is 0 Å². The lowest BCUT2D eigenvalue weighted by Gasteiger charge is -2.07. The number of rotatable bonds is 3. The van der Waals surface area contributed by atoms with Crippen LogP contribution in [0.15, 0.2) is 24.3 Å². The fraction of sp³-hybridized carbons (Fsp3) is 0.364. The van der Waals surface area contributed by atoms with Crippen LogP contribution in [0.4, 0.5) is 5.69 Å². The Morgan fingerprint density at radius 3 is 2.94 bits per heavy atom. The molecule has 0 spiro atoms. The van der Waals surface area contributed by atoms with E-state index in [-0.39, 0.29) is 18.2 Å². The molecule has 1 aromatic rings. The van der Waals surface area contributed by atoms with E-state index in [4.69, 9.17) is 10.4 Å². The molecule has 2 rings (SSSR count). The van der Waals surface area contributed by atoms with Gasteiger partial charge in [-0.3, -0.25) is 10.1 Å². The molecule has 1 aromatic carbocycles. The smallest absolute Gasteiger partial charge is 0.269 e. The lowest BCUT2D eigenvalue weighted by Crippen LogP contribution is -2.09. The van der Waals surface area contributed by atoms with Gasteiger partial charge in [0.25, 0.3) is 5.69 Å². The van der Waals surface area contributed by atoms with Gasteiger partial charge in [0.1, 0.15) is 0 Å². The SMILES string of the molecule is N#CC1(c2cccc([N+](=O)[O-])c2)CC1CO. The molecule has 1 N–H and O–H groups in total. The standard InChI is InChI=1S/C11H10N2O3/c12-7-11(5-9(11)6-14)8-2-1-3-10(4-8)13(15)16/h1-4,9,14H,5-6H2. The molecule has 1 fully saturated rings. The number of nitro groups is 1. The van der Waals surface area contributed by atoms with Crippen LogP contribution in [0.2, 0.25) is 0 Å². The Morgan fingerprint density at radius 2 is 2.44 bits per heavy atom. The van der Waals surface area contributed by atoms with Crippen molar-refractivity contribution in [2.45, 2.75) is 11.8 Å². The number of nitrogens with zero attached hydrogens (tertiary/aromatic N) is 2. The van der Waals surface area contributed by atoms with Crippen LogP contribution in [0.1, 0.15) is 12.0 Å². The second kappa shape index (κ2) is 3.58. The second-order valence-corrected chi connectivity index (χ2v) is 3.97. The Kier molecular flexibility index (Phi) is 2.37. The molecule has 0 heterocycles. The number of aliphatic hydroxyl groups excluding tert-OH is 1. The molecule has 5 heteroatoms.